The van der Waals surface area contributed by atoms with E-state index in [1.54, 1.807) is 38.2 Å². The summed E-state index contributed by atoms with van der Waals surface area (Å²) in [4.78, 5) is 50.1. The van der Waals surface area contributed by atoms with Gasteiger partial charge in [0.15, 0.2) is 5.75 Å². The molecule has 0 bridgehead atoms. The molecule has 12 nitrogen and oxygen atoms in total. The number of amides is 1. The van der Waals surface area contributed by atoms with Crippen molar-refractivity contribution < 1.29 is 28.5 Å². The largest absolute Gasteiger partial charge is 0.513 e. The van der Waals surface area contributed by atoms with Crippen LogP contribution in [0, 0.1) is 0 Å². The summed E-state index contributed by atoms with van der Waals surface area (Å²) in [6.45, 7) is 5.52. The van der Waals surface area contributed by atoms with E-state index in [0.29, 0.717) is 33.2 Å². The van der Waals surface area contributed by atoms with Crippen molar-refractivity contribution in [2.75, 3.05) is 25.7 Å². The molecule has 1 atom stereocenters. The minimum Gasteiger partial charge on any atom is -0.480 e. The molecule has 0 aliphatic carbocycles. The number of hydrogen-bond donors (Lipinski definition) is 0. The van der Waals surface area contributed by atoms with Gasteiger partial charge in [0.05, 0.1) is 37.8 Å². The number of pyridine rings is 1. The molecule has 0 saturated heterocycles. The number of nitrogens with zero attached hydrogens (tertiary/aromatic N) is 5. The Morgan fingerprint density at radius 1 is 1.09 bits per heavy atom. The van der Waals surface area contributed by atoms with Crippen LogP contribution in [0.5, 0.6) is 17.6 Å². The SMILES string of the molecule is CCOC(=O)Oc1c2c(n(C(C)C)c1-c1cnc(OC)nc1OC)C(c1ccc(Cl)cc1)N(c1cc(Cl)c(=O)n(C)c1)C2=O. The Bertz CT molecular complexity index is 1790. The number of halogens is 2. The van der Waals surface area contributed by atoms with Crippen LogP contribution in [-0.2, 0) is 11.8 Å². The summed E-state index contributed by atoms with van der Waals surface area (Å²) in [6, 6.07) is 7.45. The predicted molar refractivity (Wildman–Crippen MR) is 163 cm³/mol. The first-order chi connectivity index (χ1) is 21.0. The highest BCUT2D eigenvalue weighted by Crippen LogP contribution is 2.52. The number of aromatic nitrogens is 4. The van der Waals surface area contributed by atoms with Gasteiger partial charge >= 0.3 is 12.2 Å². The van der Waals surface area contributed by atoms with Crippen LogP contribution in [0.2, 0.25) is 10.0 Å². The molecule has 230 valence electrons. The first-order valence-corrected chi connectivity index (χ1v) is 14.3. The fraction of sp³-hybridized carbons (Fsp3) is 0.300. The molecule has 1 aliphatic rings. The summed E-state index contributed by atoms with van der Waals surface area (Å²) in [6.07, 6.45) is 1.98. The molecule has 1 aliphatic heterocycles. The fourth-order valence-corrected chi connectivity index (χ4v) is 5.68. The Kier molecular flexibility index (Phi) is 8.57. The lowest BCUT2D eigenvalue weighted by atomic mass is 10.0. The summed E-state index contributed by atoms with van der Waals surface area (Å²) in [5, 5.41) is 0.432. The zero-order chi connectivity index (χ0) is 31.9. The van der Waals surface area contributed by atoms with Gasteiger partial charge in [-0.05, 0) is 44.5 Å². The summed E-state index contributed by atoms with van der Waals surface area (Å²) < 4.78 is 24.9. The lowest BCUT2D eigenvalue weighted by Gasteiger charge is -2.29. The number of aryl methyl sites for hydroxylation is 1. The van der Waals surface area contributed by atoms with Crippen molar-refractivity contribution in [1.29, 1.82) is 0 Å². The second-order valence-corrected chi connectivity index (χ2v) is 10.9. The number of benzene rings is 1. The second-order valence-electron chi connectivity index (χ2n) is 10.1. The summed E-state index contributed by atoms with van der Waals surface area (Å²) >= 11 is 12.6. The maximum absolute atomic E-state index is 14.6. The van der Waals surface area contributed by atoms with Gasteiger partial charge in [0.1, 0.15) is 22.3 Å². The van der Waals surface area contributed by atoms with Crippen molar-refractivity contribution in [3.05, 3.63) is 79.9 Å². The number of carbonyl (C=O) groups excluding carboxylic acids is 2. The van der Waals surface area contributed by atoms with Crippen LogP contribution in [0.1, 0.15) is 54.5 Å². The van der Waals surface area contributed by atoms with Gasteiger partial charge in [0, 0.05) is 30.5 Å². The number of fused-ring (bicyclic) bond motifs is 1. The van der Waals surface area contributed by atoms with Gasteiger partial charge in [-0.3, -0.25) is 14.5 Å². The van der Waals surface area contributed by atoms with Crippen molar-refractivity contribution in [2.45, 2.75) is 32.9 Å². The number of methoxy groups -OCH3 is 2. The third kappa shape index (κ3) is 5.24. The van der Waals surface area contributed by atoms with Crippen LogP contribution in [0.4, 0.5) is 10.5 Å². The fourth-order valence-electron chi connectivity index (χ4n) is 5.31. The average Bonchev–Trinajstić information content (AvgIpc) is 3.47. The maximum atomic E-state index is 14.6. The average molecular weight is 642 g/mol. The zero-order valence-corrected chi connectivity index (χ0v) is 26.3. The number of rotatable bonds is 8. The van der Waals surface area contributed by atoms with Gasteiger partial charge in [0.2, 0.25) is 5.88 Å². The number of hydrogen-bond acceptors (Lipinski definition) is 9. The molecule has 14 heteroatoms. The minimum atomic E-state index is -1.01. The van der Waals surface area contributed by atoms with Crippen molar-refractivity contribution in [3.63, 3.8) is 0 Å². The maximum Gasteiger partial charge on any atom is 0.513 e. The highest BCUT2D eigenvalue weighted by atomic mass is 35.5. The van der Waals surface area contributed by atoms with E-state index >= 15 is 0 Å². The Morgan fingerprint density at radius 2 is 1.80 bits per heavy atom. The molecule has 0 radical (unpaired) electrons. The van der Waals surface area contributed by atoms with Gasteiger partial charge in [0.25, 0.3) is 11.5 Å². The summed E-state index contributed by atoms with van der Waals surface area (Å²) in [5.41, 5.74) is 1.89. The third-order valence-electron chi connectivity index (χ3n) is 7.06. The number of carbonyl (C=O) groups is 2. The normalized spacial score (nSPS) is 14.2. The van der Waals surface area contributed by atoms with E-state index in [4.69, 9.17) is 42.1 Å². The highest BCUT2D eigenvalue weighted by Gasteiger charge is 2.48. The molecule has 1 aromatic carbocycles. The van der Waals surface area contributed by atoms with Crippen LogP contribution in [0.3, 0.4) is 0 Å². The van der Waals surface area contributed by atoms with Gasteiger partial charge in [-0.1, -0.05) is 35.3 Å². The van der Waals surface area contributed by atoms with Gasteiger partial charge in [-0.25, -0.2) is 9.78 Å². The molecule has 0 spiro atoms. The van der Waals surface area contributed by atoms with Crippen LogP contribution >= 0.6 is 23.2 Å². The van der Waals surface area contributed by atoms with Crippen molar-refractivity contribution >= 4 is 41.0 Å². The molecule has 5 rings (SSSR count). The van der Waals surface area contributed by atoms with E-state index in [-0.39, 0.29) is 40.9 Å². The molecule has 0 saturated carbocycles. The molecule has 4 heterocycles. The van der Waals surface area contributed by atoms with Crippen molar-refractivity contribution in [3.8, 4) is 28.9 Å². The predicted octanol–water partition coefficient (Wildman–Crippen LogP) is 5.83. The van der Waals surface area contributed by atoms with Crippen molar-refractivity contribution in [1.82, 2.24) is 19.1 Å². The first-order valence-electron chi connectivity index (χ1n) is 13.6. The molecule has 1 amide bonds. The topological polar surface area (TPSA) is 127 Å². The van der Waals surface area contributed by atoms with Crippen molar-refractivity contribution in [2.24, 2.45) is 7.05 Å². The summed E-state index contributed by atoms with van der Waals surface area (Å²) in [7, 11) is 4.39. The van der Waals surface area contributed by atoms with E-state index in [9.17, 15) is 14.4 Å². The van der Waals surface area contributed by atoms with Gasteiger partial charge < -0.3 is 28.1 Å². The monoisotopic (exact) mass is 641 g/mol. The minimum absolute atomic E-state index is 0.0419. The lowest BCUT2D eigenvalue weighted by Crippen LogP contribution is -2.32. The Morgan fingerprint density at radius 3 is 2.39 bits per heavy atom. The number of ether oxygens (including phenoxy) is 4. The van der Waals surface area contributed by atoms with E-state index in [0.717, 1.165) is 0 Å². The van der Waals surface area contributed by atoms with Crippen LogP contribution in [-0.4, -0.2) is 52.0 Å². The van der Waals surface area contributed by atoms with Crippen LogP contribution in [0.15, 0.2) is 47.5 Å². The molecule has 0 fully saturated rings. The van der Waals surface area contributed by atoms with Crippen LogP contribution < -0.4 is 24.7 Å². The smallest absolute Gasteiger partial charge is 0.480 e. The lowest BCUT2D eigenvalue weighted by molar-refractivity contribution is 0.0976. The second kappa shape index (κ2) is 12.2. The van der Waals surface area contributed by atoms with Gasteiger partial charge in [-0.15, -0.1) is 0 Å². The van der Waals surface area contributed by atoms with Crippen LogP contribution in [0.25, 0.3) is 11.3 Å². The molecule has 0 N–H and O–H groups in total. The highest BCUT2D eigenvalue weighted by molar-refractivity contribution is 6.31. The molecule has 1 unspecified atom stereocenters. The van der Waals surface area contributed by atoms with E-state index in [1.807, 2.05) is 18.4 Å². The molecular formula is C30H29Cl2N5O7. The molecular weight excluding hydrogens is 613 g/mol. The van der Waals surface area contributed by atoms with E-state index < -0.39 is 23.7 Å². The van der Waals surface area contributed by atoms with E-state index in [2.05, 4.69) is 9.97 Å². The Labute approximate surface area is 262 Å². The molecule has 3 aromatic heterocycles. The summed E-state index contributed by atoms with van der Waals surface area (Å²) in [5.74, 6) is -0.453. The molecule has 4 aromatic rings. The van der Waals surface area contributed by atoms with Gasteiger partial charge in [-0.2, -0.15) is 4.98 Å². The zero-order valence-electron chi connectivity index (χ0n) is 24.8. The Balaban J connectivity index is 1.89. The quantitative estimate of drug-likeness (QED) is 0.218. The third-order valence-corrected chi connectivity index (χ3v) is 7.59. The number of anilines is 1. The Hall–Kier alpha value is -4.55. The molecule has 44 heavy (non-hydrogen) atoms. The first kappa shape index (κ1) is 30.9. The standard InChI is InChI=1S/C30H29Cl2N5O7/c1-7-43-30(40)44-25-21-24(36(15(2)3)23(25)19-13-33-29(42-6)34-26(19)41-5)22(16-8-10-17(31)11-9-16)37(28(21)39)18-12-20(32)27(38)35(4)14-18/h8-15,22H,7H2,1-6H3. The van der Waals surface area contributed by atoms with E-state index in [1.165, 1.54) is 42.1 Å².